The third kappa shape index (κ3) is 5.59. The first-order valence-electron chi connectivity index (χ1n) is 13.6. The summed E-state index contributed by atoms with van der Waals surface area (Å²) in [6, 6.07) is 7.82. The van der Waals surface area contributed by atoms with E-state index in [4.69, 9.17) is 5.73 Å². The highest BCUT2D eigenvalue weighted by molar-refractivity contribution is 6.04. The molecule has 1 aromatic carbocycles. The van der Waals surface area contributed by atoms with Crippen LogP contribution in [0.2, 0.25) is 0 Å². The zero-order chi connectivity index (χ0) is 27.5. The van der Waals surface area contributed by atoms with Crippen molar-refractivity contribution in [1.29, 1.82) is 0 Å². The van der Waals surface area contributed by atoms with Gasteiger partial charge in [-0.15, -0.1) is 0 Å². The molecule has 0 unspecified atom stereocenters. The van der Waals surface area contributed by atoms with Crippen LogP contribution in [-0.2, 0) is 16.6 Å². The number of benzene rings is 1. The number of rotatable bonds is 7. The topological polar surface area (TPSA) is 109 Å². The Hall–Kier alpha value is -3.98. The molecule has 9 nitrogen and oxygen atoms in total. The molecule has 0 radical (unpaired) electrons. The number of nitrogen functional groups attached to an aromatic ring is 1. The van der Waals surface area contributed by atoms with Crippen LogP contribution in [0, 0.1) is 5.92 Å². The summed E-state index contributed by atoms with van der Waals surface area (Å²) in [6.45, 7) is 2.47. The van der Waals surface area contributed by atoms with Crippen molar-refractivity contribution in [2.24, 2.45) is 13.0 Å². The molecule has 39 heavy (non-hydrogen) atoms. The van der Waals surface area contributed by atoms with Crippen molar-refractivity contribution in [2.45, 2.75) is 32.1 Å². The number of fused-ring (bicyclic) bond motifs is 1. The number of aromatic nitrogens is 3. The molecule has 0 spiro atoms. The first-order chi connectivity index (χ1) is 18.8. The van der Waals surface area contributed by atoms with Gasteiger partial charge < -0.3 is 25.4 Å². The van der Waals surface area contributed by atoms with E-state index in [0.717, 1.165) is 78.7 Å². The Kier molecular flexibility index (Phi) is 7.79. The summed E-state index contributed by atoms with van der Waals surface area (Å²) in [7, 11) is 5.90. The van der Waals surface area contributed by atoms with Crippen LogP contribution in [0.15, 0.2) is 48.8 Å². The van der Waals surface area contributed by atoms with Gasteiger partial charge in [0.1, 0.15) is 17.8 Å². The van der Waals surface area contributed by atoms with E-state index in [1.54, 1.807) is 6.08 Å². The van der Waals surface area contributed by atoms with Crippen LogP contribution in [0.5, 0.6) is 0 Å². The fourth-order valence-corrected chi connectivity index (χ4v) is 5.67. The van der Waals surface area contributed by atoms with Gasteiger partial charge >= 0.3 is 0 Å². The van der Waals surface area contributed by atoms with Crippen molar-refractivity contribution in [1.82, 2.24) is 24.3 Å². The van der Waals surface area contributed by atoms with E-state index in [2.05, 4.69) is 25.9 Å². The quantitative estimate of drug-likeness (QED) is 0.448. The molecule has 1 fully saturated rings. The summed E-state index contributed by atoms with van der Waals surface area (Å²) < 4.78 is 2.06. The maximum Gasteiger partial charge on any atom is 0.248 e. The molecular formula is C30H37N7O2. The third-order valence-corrected chi connectivity index (χ3v) is 7.66. The SMILES string of the molecule is CN(C)C/C=C/C(=O)Nc1ccc(-c2c(C3=CC[C@@H](C(=O)N4CCCC4)CC3)c3c(N)ncnc3n2C)cc1. The Morgan fingerprint density at radius 1 is 1.15 bits per heavy atom. The van der Waals surface area contributed by atoms with Gasteiger partial charge in [0.2, 0.25) is 11.8 Å². The molecule has 1 atom stereocenters. The number of hydrogen-bond donors (Lipinski definition) is 2. The second-order valence-electron chi connectivity index (χ2n) is 10.7. The Morgan fingerprint density at radius 2 is 1.90 bits per heavy atom. The minimum Gasteiger partial charge on any atom is -0.383 e. The summed E-state index contributed by atoms with van der Waals surface area (Å²) in [5.74, 6) is 0.608. The van der Waals surface area contributed by atoms with E-state index >= 15 is 0 Å². The highest BCUT2D eigenvalue weighted by Crippen LogP contribution is 2.43. The van der Waals surface area contributed by atoms with Gasteiger partial charge in [0.05, 0.1) is 11.1 Å². The predicted molar refractivity (Wildman–Crippen MR) is 156 cm³/mol. The Labute approximate surface area is 229 Å². The molecule has 9 heteroatoms. The second kappa shape index (κ2) is 11.4. The molecule has 3 heterocycles. The van der Waals surface area contributed by atoms with Crippen molar-refractivity contribution in [3.8, 4) is 11.3 Å². The monoisotopic (exact) mass is 527 g/mol. The normalized spacial score (nSPS) is 17.8. The number of allylic oxidation sites excluding steroid dienone is 2. The zero-order valence-corrected chi connectivity index (χ0v) is 23.0. The minimum atomic E-state index is -0.164. The molecule has 3 aromatic rings. The smallest absolute Gasteiger partial charge is 0.248 e. The molecule has 1 saturated heterocycles. The maximum absolute atomic E-state index is 13.0. The number of nitrogens with zero attached hydrogens (tertiary/aromatic N) is 5. The van der Waals surface area contributed by atoms with Crippen LogP contribution in [0.25, 0.3) is 27.9 Å². The molecular weight excluding hydrogens is 490 g/mol. The second-order valence-corrected chi connectivity index (χ2v) is 10.7. The number of hydrogen-bond acceptors (Lipinski definition) is 6. The highest BCUT2D eigenvalue weighted by Gasteiger charge is 2.30. The van der Waals surface area contributed by atoms with Crippen LogP contribution >= 0.6 is 0 Å². The lowest BCUT2D eigenvalue weighted by Gasteiger charge is -2.26. The van der Waals surface area contributed by atoms with Gasteiger partial charge in [0.15, 0.2) is 0 Å². The molecule has 1 aliphatic carbocycles. The number of likely N-dealkylation sites (tertiary alicyclic amines) is 1. The molecule has 2 amide bonds. The maximum atomic E-state index is 13.0. The summed E-state index contributed by atoms with van der Waals surface area (Å²) in [5.41, 5.74) is 12.1. The lowest BCUT2D eigenvalue weighted by molar-refractivity contribution is -0.134. The van der Waals surface area contributed by atoms with Crippen molar-refractivity contribution in [3.05, 3.63) is 54.4 Å². The zero-order valence-electron chi connectivity index (χ0n) is 23.0. The Morgan fingerprint density at radius 3 is 2.56 bits per heavy atom. The van der Waals surface area contributed by atoms with Crippen molar-refractivity contribution in [2.75, 3.05) is 44.8 Å². The average Bonchev–Trinajstić information content (AvgIpc) is 3.56. The number of likely N-dealkylation sites (N-methyl/N-ethyl adjacent to an activating group) is 1. The highest BCUT2D eigenvalue weighted by atomic mass is 16.2. The molecule has 3 N–H and O–H groups in total. The fourth-order valence-electron chi connectivity index (χ4n) is 5.67. The molecule has 204 valence electrons. The predicted octanol–water partition coefficient (Wildman–Crippen LogP) is 4.08. The van der Waals surface area contributed by atoms with E-state index in [-0.39, 0.29) is 17.7 Å². The summed E-state index contributed by atoms with van der Waals surface area (Å²) >= 11 is 0. The third-order valence-electron chi connectivity index (χ3n) is 7.66. The average molecular weight is 528 g/mol. The number of nitrogens with one attached hydrogen (secondary N) is 1. The molecule has 2 aromatic heterocycles. The molecule has 5 rings (SSSR count). The van der Waals surface area contributed by atoms with Crippen molar-refractivity contribution < 1.29 is 9.59 Å². The van der Waals surface area contributed by atoms with Gasteiger partial charge in [-0.25, -0.2) is 9.97 Å². The van der Waals surface area contributed by atoms with E-state index in [1.807, 2.05) is 61.3 Å². The van der Waals surface area contributed by atoms with Crippen LogP contribution in [-0.4, -0.2) is 69.9 Å². The van der Waals surface area contributed by atoms with Gasteiger partial charge in [0, 0.05) is 49.9 Å². The van der Waals surface area contributed by atoms with E-state index in [9.17, 15) is 9.59 Å². The molecule has 1 aliphatic heterocycles. The number of amides is 2. The van der Waals surface area contributed by atoms with Gasteiger partial charge in [-0.05, 0) is 69.5 Å². The number of anilines is 2. The number of carbonyl (C=O) groups is 2. The number of carbonyl (C=O) groups excluding carboxylic acids is 2. The first-order valence-corrected chi connectivity index (χ1v) is 13.6. The molecule has 0 bridgehead atoms. The summed E-state index contributed by atoms with van der Waals surface area (Å²) in [5, 5.41) is 3.76. The minimum absolute atomic E-state index is 0.0357. The number of aryl methyl sites for hydroxylation is 1. The van der Waals surface area contributed by atoms with E-state index in [1.165, 1.54) is 11.9 Å². The lowest BCUT2D eigenvalue weighted by Crippen LogP contribution is -2.34. The van der Waals surface area contributed by atoms with Crippen LogP contribution < -0.4 is 11.1 Å². The standard InChI is InChI=1S/C30H37N7O2/c1-35(2)16-6-7-24(38)34-23-14-12-21(13-15-23)27-25(26-28(31)32-19-33-29(26)36(27)3)20-8-10-22(11-9-20)30(39)37-17-4-5-18-37/h6-8,12-15,19,22H,4-5,9-11,16-18H2,1-3H3,(H,34,38)(H2,31,32,33)/b7-6+/t22-/m1/s1. The van der Waals surface area contributed by atoms with Crippen LogP contribution in [0.3, 0.4) is 0 Å². The Bertz CT molecular complexity index is 1430. The van der Waals surface area contributed by atoms with E-state index in [0.29, 0.717) is 12.4 Å². The first kappa shape index (κ1) is 26.6. The van der Waals surface area contributed by atoms with Crippen LogP contribution in [0.1, 0.15) is 37.7 Å². The molecule has 2 aliphatic rings. The van der Waals surface area contributed by atoms with Crippen molar-refractivity contribution >= 4 is 39.9 Å². The molecule has 0 saturated carbocycles. The fraction of sp³-hybridized carbons (Fsp3) is 0.400. The summed E-state index contributed by atoms with van der Waals surface area (Å²) in [6.07, 6.45) is 11.6. The number of nitrogens with two attached hydrogens (primary N) is 1. The Balaban J connectivity index is 1.45. The van der Waals surface area contributed by atoms with Gasteiger partial charge in [-0.3, -0.25) is 9.59 Å². The van der Waals surface area contributed by atoms with Gasteiger partial charge in [0.25, 0.3) is 0 Å². The van der Waals surface area contributed by atoms with Gasteiger partial charge in [-0.2, -0.15) is 0 Å². The van der Waals surface area contributed by atoms with Crippen molar-refractivity contribution in [3.63, 3.8) is 0 Å². The lowest BCUT2D eigenvalue weighted by atomic mass is 9.84. The van der Waals surface area contributed by atoms with Gasteiger partial charge in [-0.1, -0.05) is 24.3 Å². The summed E-state index contributed by atoms with van der Waals surface area (Å²) in [4.78, 5) is 38.2. The van der Waals surface area contributed by atoms with E-state index < -0.39 is 0 Å². The largest absolute Gasteiger partial charge is 0.383 e. The van der Waals surface area contributed by atoms with Crippen LogP contribution in [0.4, 0.5) is 11.5 Å².